The Morgan fingerprint density at radius 3 is 1.71 bits per heavy atom. The van der Waals surface area contributed by atoms with Crippen LogP contribution in [0.4, 0.5) is 0 Å². The van der Waals surface area contributed by atoms with Crippen molar-refractivity contribution in [3.8, 4) is 0 Å². The van der Waals surface area contributed by atoms with Gasteiger partial charge in [-0.05, 0) is 19.8 Å². The second kappa shape index (κ2) is 20.3. The molecule has 0 saturated heterocycles. The maximum Gasteiger partial charge on any atom is 0.326 e. The summed E-state index contributed by atoms with van der Waals surface area (Å²) in [4.78, 5) is 35.1. The number of amides is 2. The van der Waals surface area contributed by atoms with Gasteiger partial charge in [-0.3, -0.25) is 9.59 Å². The summed E-state index contributed by atoms with van der Waals surface area (Å²) >= 11 is 0. The van der Waals surface area contributed by atoms with Crippen LogP contribution in [0.2, 0.25) is 0 Å². The molecular formula is C24H47N3O4. The molecule has 182 valence electrons. The molecule has 0 aromatic rings. The highest BCUT2D eigenvalue weighted by Crippen LogP contribution is 2.13. The Morgan fingerprint density at radius 2 is 1.26 bits per heavy atom. The van der Waals surface area contributed by atoms with Gasteiger partial charge in [0.05, 0.1) is 0 Å². The lowest BCUT2D eigenvalue weighted by atomic mass is 10.0. The smallest absolute Gasteiger partial charge is 0.326 e. The van der Waals surface area contributed by atoms with Crippen LogP contribution in [0.1, 0.15) is 117 Å². The first kappa shape index (κ1) is 29.4. The van der Waals surface area contributed by atoms with E-state index in [0.29, 0.717) is 13.0 Å². The number of hydrogen-bond acceptors (Lipinski definition) is 4. The molecule has 31 heavy (non-hydrogen) atoms. The molecule has 0 rings (SSSR count). The fraction of sp³-hybridized carbons (Fsp3) is 0.875. The average molecular weight is 442 g/mol. The highest BCUT2D eigenvalue weighted by atomic mass is 16.4. The van der Waals surface area contributed by atoms with E-state index in [9.17, 15) is 19.5 Å². The van der Waals surface area contributed by atoms with E-state index in [1.165, 1.54) is 64.2 Å². The third-order valence-corrected chi connectivity index (χ3v) is 5.42. The zero-order valence-electron chi connectivity index (χ0n) is 19.9. The van der Waals surface area contributed by atoms with Gasteiger partial charge in [0.2, 0.25) is 11.8 Å². The molecule has 5 N–H and O–H groups in total. The van der Waals surface area contributed by atoms with Gasteiger partial charge >= 0.3 is 5.97 Å². The van der Waals surface area contributed by atoms with Gasteiger partial charge in [-0.15, -0.1) is 0 Å². The minimum atomic E-state index is -1.11. The van der Waals surface area contributed by atoms with Crippen LogP contribution in [-0.2, 0) is 14.4 Å². The second-order valence-electron chi connectivity index (χ2n) is 8.77. The van der Waals surface area contributed by atoms with E-state index < -0.39 is 12.0 Å². The maximum absolute atomic E-state index is 12.0. The highest BCUT2D eigenvalue weighted by Gasteiger charge is 2.20. The number of carboxylic acids is 1. The quantitative estimate of drug-likeness (QED) is 0.198. The van der Waals surface area contributed by atoms with E-state index in [4.69, 9.17) is 5.73 Å². The lowest BCUT2D eigenvalue weighted by Crippen LogP contribution is -2.42. The molecular weight excluding hydrogens is 394 g/mol. The van der Waals surface area contributed by atoms with Crippen molar-refractivity contribution in [3.63, 3.8) is 0 Å². The molecule has 7 nitrogen and oxygen atoms in total. The van der Waals surface area contributed by atoms with Crippen LogP contribution in [0, 0.1) is 0 Å². The number of hydrogen-bond donors (Lipinski definition) is 4. The summed E-state index contributed by atoms with van der Waals surface area (Å²) in [5.74, 6) is -1.63. The summed E-state index contributed by atoms with van der Waals surface area (Å²) in [5.41, 5.74) is 5.57. The zero-order chi connectivity index (χ0) is 23.3. The molecule has 2 amide bonds. The lowest BCUT2D eigenvalue weighted by Gasteiger charge is -2.15. The average Bonchev–Trinajstić information content (AvgIpc) is 2.72. The number of carbonyl (C=O) groups is 3. The van der Waals surface area contributed by atoms with Crippen molar-refractivity contribution in [1.82, 2.24) is 10.6 Å². The van der Waals surface area contributed by atoms with Crippen molar-refractivity contribution in [1.29, 1.82) is 0 Å². The van der Waals surface area contributed by atoms with E-state index >= 15 is 0 Å². The molecule has 0 spiro atoms. The van der Waals surface area contributed by atoms with Gasteiger partial charge in [0.25, 0.3) is 0 Å². The third kappa shape index (κ3) is 20.0. The van der Waals surface area contributed by atoms with Gasteiger partial charge in [-0.25, -0.2) is 4.79 Å². The predicted octanol–water partition coefficient (Wildman–Crippen LogP) is 4.28. The van der Waals surface area contributed by atoms with Crippen molar-refractivity contribution in [2.45, 2.75) is 129 Å². The maximum atomic E-state index is 12.0. The SMILES string of the molecule is CCCCCCCCCCCCCCCC(=O)NC(CCC(=O)NCC(C)N)C(=O)O. The van der Waals surface area contributed by atoms with Crippen molar-refractivity contribution in [2.24, 2.45) is 5.73 Å². The van der Waals surface area contributed by atoms with Gasteiger partial charge in [0.1, 0.15) is 6.04 Å². The van der Waals surface area contributed by atoms with E-state index in [0.717, 1.165) is 19.3 Å². The molecule has 0 heterocycles. The summed E-state index contributed by atoms with van der Waals surface area (Å²) in [6.45, 7) is 4.37. The van der Waals surface area contributed by atoms with Crippen molar-refractivity contribution in [2.75, 3.05) is 6.54 Å². The molecule has 0 radical (unpaired) electrons. The van der Waals surface area contributed by atoms with Crippen LogP contribution in [0.5, 0.6) is 0 Å². The van der Waals surface area contributed by atoms with Crippen LogP contribution in [0.3, 0.4) is 0 Å². The van der Waals surface area contributed by atoms with Gasteiger partial charge in [0, 0.05) is 25.4 Å². The molecule has 0 aliphatic carbocycles. The number of nitrogens with two attached hydrogens (primary N) is 1. The molecule has 0 bridgehead atoms. The Labute approximate surface area is 189 Å². The molecule has 0 aliphatic heterocycles. The lowest BCUT2D eigenvalue weighted by molar-refractivity contribution is -0.142. The van der Waals surface area contributed by atoms with Gasteiger partial charge in [0.15, 0.2) is 0 Å². The van der Waals surface area contributed by atoms with E-state index in [1.54, 1.807) is 6.92 Å². The molecule has 0 aliphatic rings. The zero-order valence-corrected chi connectivity index (χ0v) is 19.9. The molecule has 0 fully saturated rings. The fourth-order valence-corrected chi connectivity index (χ4v) is 3.47. The minimum absolute atomic E-state index is 0.0444. The number of carbonyl (C=O) groups excluding carboxylic acids is 2. The summed E-state index contributed by atoms with van der Waals surface area (Å²) in [6.07, 6.45) is 16.5. The summed E-state index contributed by atoms with van der Waals surface area (Å²) in [5, 5.41) is 14.4. The van der Waals surface area contributed by atoms with Gasteiger partial charge in [-0.2, -0.15) is 0 Å². The van der Waals surface area contributed by atoms with Gasteiger partial charge in [-0.1, -0.05) is 84.0 Å². The Hall–Kier alpha value is -1.63. The predicted molar refractivity (Wildman–Crippen MR) is 126 cm³/mol. The monoisotopic (exact) mass is 441 g/mol. The molecule has 0 aromatic carbocycles. The number of unbranched alkanes of at least 4 members (excludes halogenated alkanes) is 12. The number of carboxylic acid groups (broad SMARTS) is 1. The van der Waals surface area contributed by atoms with Crippen molar-refractivity contribution >= 4 is 17.8 Å². The fourth-order valence-electron chi connectivity index (χ4n) is 3.47. The van der Waals surface area contributed by atoms with Crippen LogP contribution in [0.15, 0.2) is 0 Å². The van der Waals surface area contributed by atoms with Crippen LogP contribution < -0.4 is 16.4 Å². The van der Waals surface area contributed by atoms with E-state index in [1.807, 2.05) is 0 Å². The molecule has 2 atom stereocenters. The number of aliphatic carboxylic acids is 1. The van der Waals surface area contributed by atoms with Crippen molar-refractivity contribution < 1.29 is 19.5 Å². The van der Waals surface area contributed by atoms with E-state index in [2.05, 4.69) is 17.6 Å². The third-order valence-electron chi connectivity index (χ3n) is 5.42. The van der Waals surface area contributed by atoms with Crippen LogP contribution in [0.25, 0.3) is 0 Å². The molecule has 0 saturated carbocycles. The van der Waals surface area contributed by atoms with Crippen LogP contribution >= 0.6 is 0 Å². The number of rotatable bonds is 21. The number of nitrogens with one attached hydrogen (secondary N) is 2. The Morgan fingerprint density at radius 1 is 0.774 bits per heavy atom. The molecule has 0 aromatic heterocycles. The Kier molecular flexibility index (Phi) is 19.2. The largest absolute Gasteiger partial charge is 0.480 e. The first-order valence-corrected chi connectivity index (χ1v) is 12.4. The minimum Gasteiger partial charge on any atom is -0.480 e. The molecule has 7 heteroatoms. The van der Waals surface area contributed by atoms with Gasteiger partial charge < -0.3 is 21.5 Å². The normalized spacial score (nSPS) is 12.9. The van der Waals surface area contributed by atoms with E-state index in [-0.39, 0.29) is 30.7 Å². The summed E-state index contributed by atoms with van der Waals surface area (Å²) in [6, 6.07) is -1.19. The standard InChI is InChI=1S/C24H47N3O4/c1-3-4-5-6-7-8-9-10-11-12-13-14-15-16-23(29)27-21(24(30)31)17-18-22(28)26-19-20(2)25/h20-21H,3-19,25H2,1-2H3,(H,26,28)(H,27,29)(H,30,31). The summed E-state index contributed by atoms with van der Waals surface area (Å²) < 4.78 is 0. The topological polar surface area (TPSA) is 122 Å². The molecule has 2 unspecified atom stereocenters. The summed E-state index contributed by atoms with van der Waals surface area (Å²) in [7, 11) is 0. The highest BCUT2D eigenvalue weighted by molar-refractivity contribution is 5.84. The first-order chi connectivity index (χ1) is 14.9. The Bertz CT molecular complexity index is 483. The second-order valence-corrected chi connectivity index (χ2v) is 8.77. The van der Waals surface area contributed by atoms with Crippen LogP contribution in [-0.4, -0.2) is 41.5 Å². The van der Waals surface area contributed by atoms with Crippen molar-refractivity contribution in [3.05, 3.63) is 0 Å². The Balaban J connectivity index is 3.70. The first-order valence-electron chi connectivity index (χ1n) is 12.4.